The normalized spacial score (nSPS) is 14.8. The highest BCUT2D eigenvalue weighted by Crippen LogP contribution is 1.97. The Morgan fingerprint density at radius 2 is 2.20 bits per heavy atom. The Labute approximate surface area is 36.5 Å². The van der Waals surface area contributed by atoms with E-state index in [1.54, 1.807) is 0 Å². The summed E-state index contributed by atoms with van der Waals surface area (Å²) in [6, 6.07) is 0. The first-order valence-electron chi connectivity index (χ1n) is 2.03. The minimum Gasteiger partial charge on any atom is -0.0804 e. The van der Waals surface area contributed by atoms with E-state index < -0.39 is 0 Å². The lowest BCUT2D eigenvalue weighted by Crippen LogP contribution is -1.76. The van der Waals surface area contributed by atoms with Crippen LogP contribution in [0.5, 0.6) is 0 Å². The molecule has 30 valence electrons. The van der Waals surface area contributed by atoms with Gasteiger partial charge in [-0.05, 0) is 0 Å². The molecule has 0 aliphatic heterocycles. The summed E-state index contributed by atoms with van der Waals surface area (Å²) < 4.78 is 0. The van der Waals surface area contributed by atoms with E-state index in [-0.39, 0.29) is 1.43 Å². The summed E-state index contributed by atoms with van der Waals surface area (Å²) in [4.78, 5) is 0. The largest absolute Gasteiger partial charge is 0.0804 e. The van der Waals surface area contributed by atoms with Gasteiger partial charge in [0.15, 0.2) is 0 Å². The van der Waals surface area contributed by atoms with Crippen LogP contribution in [0.1, 0.15) is 21.7 Å². The zero-order chi connectivity index (χ0) is 4.28. The first-order valence-corrected chi connectivity index (χ1v) is 2.03. The molecular weight excluding hydrogens is 58.9 g/mol. The fraction of sp³-hybridized carbons (Fsp3) is 1.00. The Kier molecular flexibility index (Phi) is 2.34. The lowest BCUT2D eigenvalue weighted by molar-refractivity contribution is 0.880. The van der Waals surface area contributed by atoms with Gasteiger partial charge in [0.25, 0.3) is 0 Å². The lowest BCUT2D eigenvalue weighted by Gasteiger charge is -1.90. The van der Waals surface area contributed by atoms with Crippen LogP contribution in [0.25, 0.3) is 0 Å². The molecule has 0 saturated heterocycles. The molecule has 0 nitrogen and oxygen atoms in total. The summed E-state index contributed by atoms with van der Waals surface area (Å²) >= 11 is 0. The van der Waals surface area contributed by atoms with Gasteiger partial charge in [-0.15, -0.1) is 0 Å². The number of hydrogen-bond acceptors (Lipinski definition) is 0. The van der Waals surface area contributed by atoms with Crippen LogP contribution in [0.15, 0.2) is 0 Å². The molecule has 0 amide bonds. The van der Waals surface area contributed by atoms with E-state index >= 15 is 0 Å². The Hall–Kier alpha value is 0.0649. The second-order valence-corrected chi connectivity index (χ2v) is 1.39. The molecule has 0 aliphatic rings. The molecule has 0 saturated carbocycles. The van der Waals surface area contributed by atoms with Crippen LogP contribution in [0.3, 0.4) is 0 Å². The van der Waals surface area contributed by atoms with Crippen molar-refractivity contribution in [3.8, 4) is 0 Å². The summed E-state index contributed by atoms with van der Waals surface area (Å²) in [6.07, 6.45) is 1.08. The van der Waals surface area contributed by atoms with Crippen molar-refractivity contribution in [3.63, 3.8) is 0 Å². The van der Waals surface area contributed by atoms with Crippen molar-refractivity contribution in [1.29, 1.82) is 0 Å². The first kappa shape index (κ1) is 5.06. The predicted octanol–water partition coefficient (Wildman–Crippen LogP) is 1.62. The van der Waals surface area contributed by atoms with Crippen molar-refractivity contribution in [2.45, 2.75) is 26.1 Å². The maximum Gasteiger partial charge on any atom is 0.0695 e. The Morgan fingerprint density at radius 3 is 2.20 bits per heavy atom. The van der Waals surface area contributed by atoms with E-state index in [1.165, 1.54) is 0 Å². The molecule has 1 heteroatoms. The molecule has 1 unspecified atom stereocenters. The molecule has 5 heavy (non-hydrogen) atoms. The van der Waals surface area contributed by atoms with Gasteiger partial charge in [0, 0.05) is 1.43 Å². The molecule has 0 aromatic heterocycles. The predicted molar refractivity (Wildman–Crippen MR) is 27.6 cm³/mol. The molecule has 0 fully saturated rings. The third kappa shape index (κ3) is 4.06. The molecule has 0 spiro atoms. The Bertz CT molecular complexity index is 21.5. The van der Waals surface area contributed by atoms with Crippen molar-refractivity contribution in [3.05, 3.63) is 0 Å². The van der Waals surface area contributed by atoms with Gasteiger partial charge in [-0.2, -0.15) is 0 Å². The highest BCUT2D eigenvalue weighted by atomic mass is 13.8. The highest BCUT2D eigenvalue weighted by Gasteiger charge is 1.80. The standard InChI is InChI=1S/C4H9B.H2/c1-3-4(2)5;/h4H,3H2,1-2H3;1H. The average Bonchev–Trinajstić information content (AvgIpc) is 1.38. The molecule has 2 radical (unpaired) electrons. The molecule has 0 heterocycles. The monoisotopic (exact) mass is 70.1 g/mol. The minimum atomic E-state index is 0. The van der Waals surface area contributed by atoms with Crippen molar-refractivity contribution in [1.82, 2.24) is 0 Å². The van der Waals surface area contributed by atoms with Gasteiger partial charge in [-0.25, -0.2) is 0 Å². The first-order chi connectivity index (χ1) is 2.27. The second kappa shape index (κ2) is 2.31. The van der Waals surface area contributed by atoms with Crippen molar-refractivity contribution in [2.75, 3.05) is 0 Å². The third-order valence-electron chi connectivity index (χ3n) is 0.644. The van der Waals surface area contributed by atoms with Crippen LogP contribution in [0, 0.1) is 0 Å². The van der Waals surface area contributed by atoms with Gasteiger partial charge >= 0.3 is 0 Å². The summed E-state index contributed by atoms with van der Waals surface area (Å²) in [5.74, 6) is 0.384. The van der Waals surface area contributed by atoms with Crippen LogP contribution >= 0.6 is 0 Å². The zero-order valence-corrected chi connectivity index (χ0v) is 3.86. The molecule has 0 aromatic rings. The maximum atomic E-state index is 5.29. The van der Waals surface area contributed by atoms with Crippen LogP contribution < -0.4 is 0 Å². The topological polar surface area (TPSA) is 0 Å². The third-order valence-corrected chi connectivity index (χ3v) is 0.644. The summed E-state index contributed by atoms with van der Waals surface area (Å²) in [6.45, 7) is 4.07. The zero-order valence-electron chi connectivity index (χ0n) is 3.86. The van der Waals surface area contributed by atoms with E-state index in [2.05, 4.69) is 6.92 Å². The molecule has 1 atom stereocenters. The van der Waals surface area contributed by atoms with Gasteiger partial charge < -0.3 is 0 Å². The molecule has 0 bridgehead atoms. The highest BCUT2D eigenvalue weighted by molar-refractivity contribution is 6.11. The quantitative estimate of drug-likeness (QED) is 0.411. The van der Waals surface area contributed by atoms with Crippen molar-refractivity contribution >= 4 is 7.85 Å². The average molecular weight is 69.9 g/mol. The van der Waals surface area contributed by atoms with Gasteiger partial charge in [0.05, 0.1) is 7.85 Å². The summed E-state index contributed by atoms with van der Waals surface area (Å²) in [7, 11) is 5.29. The maximum absolute atomic E-state index is 5.29. The molecule has 0 rings (SSSR count). The summed E-state index contributed by atoms with van der Waals surface area (Å²) in [5.41, 5.74) is 0. The van der Waals surface area contributed by atoms with E-state index in [4.69, 9.17) is 7.85 Å². The summed E-state index contributed by atoms with van der Waals surface area (Å²) in [5, 5.41) is 0. The van der Waals surface area contributed by atoms with Crippen LogP contribution in [-0.4, -0.2) is 7.85 Å². The smallest absolute Gasteiger partial charge is 0.0695 e. The van der Waals surface area contributed by atoms with Gasteiger partial charge in [0.2, 0.25) is 0 Å². The van der Waals surface area contributed by atoms with Crippen molar-refractivity contribution in [2.24, 2.45) is 0 Å². The van der Waals surface area contributed by atoms with Crippen LogP contribution in [0.4, 0.5) is 0 Å². The molecular formula is C4H11B. The minimum absolute atomic E-state index is 0. The van der Waals surface area contributed by atoms with Gasteiger partial charge in [0.1, 0.15) is 0 Å². The van der Waals surface area contributed by atoms with E-state index in [0.29, 0.717) is 5.82 Å². The van der Waals surface area contributed by atoms with E-state index in [9.17, 15) is 0 Å². The van der Waals surface area contributed by atoms with Gasteiger partial charge in [-0.1, -0.05) is 26.1 Å². The number of rotatable bonds is 1. The Morgan fingerprint density at radius 1 is 2.00 bits per heavy atom. The van der Waals surface area contributed by atoms with Crippen LogP contribution in [-0.2, 0) is 0 Å². The molecule has 0 aromatic carbocycles. The lowest BCUT2D eigenvalue weighted by atomic mass is 9.88. The fourth-order valence-corrected chi connectivity index (χ4v) is 0. The van der Waals surface area contributed by atoms with Crippen molar-refractivity contribution < 1.29 is 1.43 Å². The number of hydrogen-bond donors (Lipinski definition) is 0. The fourth-order valence-electron chi connectivity index (χ4n) is 0. The van der Waals surface area contributed by atoms with E-state index in [0.717, 1.165) is 6.42 Å². The SMILES string of the molecule is [B]C(C)CC.[HH]. The van der Waals surface area contributed by atoms with E-state index in [1.807, 2.05) is 6.92 Å². The second-order valence-electron chi connectivity index (χ2n) is 1.39. The molecule has 0 aliphatic carbocycles. The van der Waals surface area contributed by atoms with Crippen LogP contribution in [0.2, 0.25) is 5.82 Å². The molecule has 0 N–H and O–H groups in total. The Balaban J connectivity index is 0. The van der Waals surface area contributed by atoms with Gasteiger partial charge in [-0.3, -0.25) is 0 Å².